The minimum atomic E-state index is -0.165. The van der Waals surface area contributed by atoms with E-state index in [0.717, 1.165) is 30.0 Å². The number of rotatable bonds is 3. The Labute approximate surface area is 156 Å². The maximum absolute atomic E-state index is 12.4. The summed E-state index contributed by atoms with van der Waals surface area (Å²) in [5, 5.41) is 2.86. The van der Waals surface area contributed by atoms with Gasteiger partial charge in [-0.1, -0.05) is 0 Å². The number of nitrogens with zero attached hydrogens (tertiary/aromatic N) is 4. The molecular weight excluding hydrogens is 346 g/mol. The zero-order chi connectivity index (χ0) is 18.5. The highest BCUT2D eigenvalue weighted by Gasteiger charge is 2.60. The number of carbonyl (C=O) groups is 2. The van der Waals surface area contributed by atoms with Gasteiger partial charge < -0.3 is 15.0 Å². The third-order valence-corrected chi connectivity index (χ3v) is 5.75. The van der Waals surface area contributed by atoms with Crippen molar-refractivity contribution in [3.63, 3.8) is 0 Å². The molecule has 2 aromatic rings. The molecule has 3 atom stereocenters. The number of hydrogen-bond donors (Lipinski definition) is 1. The van der Waals surface area contributed by atoms with Crippen LogP contribution in [0.25, 0.3) is 11.4 Å². The number of pyridine rings is 1. The van der Waals surface area contributed by atoms with Crippen molar-refractivity contribution in [2.75, 3.05) is 31.6 Å². The monoisotopic (exact) mass is 365 g/mol. The number of ether oxygens (including phenoxy) is 1. The van der Waals surface area contributed by atoms with Crippen molar-refractivity contribution in [1.29, 1.82) is 0 Å². The molecule has 3 aliphatic rings. The summed E-state index contributed by atoms with van der Waals surface area (Å²) < 4.78 is 4.89. The molecule has 0 spiro atoms. The summed E-state index contributed by atoms with van der Waals surface area (Å²) in [5.74, 6) is 1.64. The highest BCUT2D eigenvalue weighted by atomic mass is 16.5. The highest BCUT2D eigenvalue weighted by molar-refractivity contribution is 5.96. The number of esters is 1. The van der Waals surface area contributed by atoms with Crippen LogP contribution in [0.3, 0.4) is 0 Å². The average molecular weight is 365 g/mol. The minimum Gasteiger partial charge on any atom is -0.469 e. The first-order valence-electron chi connectivity index (χ1n) is 9.09. The van der Waals surface area contributed by atoms with E-state index in [1.165, 1.54) is 7.11 Å². The molecule has 1 saturated carbocycles. The van der Waals surface area contributed by atoms with Crippen molar-refractivity contribution in [3.8, 4) is 11.4 Å². The van der Waals surface area contributed by atoms with E-state index in [1.54, 1.807) is 12.4 Å². The average Bonchev–Trinajstić information content (AvgIpc) is 3.21. The summed E-state index contributed by atoms with van der Waals surface area (Å²) in [7, 11) is 1.44. The predicted octanol–water partition coefficient (Wildman–Crippen LogP) is 0.680. The number of hydrogen-bond acceptors (Lipinski definition) is 7. The number of aromatic nitrogens is 3. The number of anilines is 1. The Hall–Kier alpha value is -3.03. The molecule has 5 rings (SSSR count). The lowest BCUT2D eigenvalue weighted by Gasteiger charge is -2.27. The van der Waals surface area contributed by atoms with Gasteiger partial charge in [0.25, 0.3) is 5.91 Å². The molecule has 0 bridgehead atoms. The van der Waals surface area contributed by atoms with Gasteiger partial charge in [-0.25, -0.2) is 9.97 Å². The van der Waals surface area contributed by atoms with E-state index in [-0.39, 0.29) is 17.8 Å². The third-order valence-electron chi connectivity index (χ3n) is 5.75. The first-order valence-corrected chi connectivity index (χ1v) is 9.09. The van der Waals surface area contributed by atoms with E-state index >= 15 is 0 Å². The van der Waals surface area contributed by atoms with Gasteiger partial charge in [-0.15, -0.1) is 0 Å². The van der Waals surface area contributed by atoms with Gasteiger partial charge in [0, 0.05) is 43.2 Å². The lowest BCUT2D eigenvalue weighted by molar-refractivity contribution is -0.142. The van der Waals surface area contributed by atoms with Gasteiger partial charge in [-0.3, -0.25) is 14.6 Å². The van der Waals surface area contributed by atoms with Crippen LogP contribution in [-0.4, -0.2) is 53.6 Å². The van der Waals surface area contributed by atoms with E-state index in [2.05, 4.69) is 20.2 Å². The van der Waals surface area contributed by atoms with Crippen LogP contribution in [0.4, 0.5) is 5.82 Å². The fourth-order valence-corrected chi connectivity index (χ4v) is 4.35. The summed E-state index contributed by atoms with van der Waals surface area (Å²) in [6.07, 6.45) is 4.09. The van der Waals surface area contributed by atoms with E-state index in [1.807, 2.05) is 12.1 Å². The van der Waals surface area contributed by atoms with Crippen LogP contribution in [0.5, 0.6) is 0 Å². The maximum Gasteiger partial charge on any atom is 0.309 e. The SMILES string of the molecule is COC(=O)C1[C@H]2CN(c3nc(-c4cccnc4)nc4c3CCNC4=O)C[C@@H]12. The third kappa shape index (κ3) is 2.55. The van der Waals surface area contributed by atoms with Crippen molar-refractivity contribution in [2.24, 2.45) is 17.8 Å². The Kier molecular flexibility index (Phi) is 3.60. The molecule has 138 valence electrons. The van der Waals surface area contributed by atoms with Gasteiger partial charge in [0.1, 0.15) is 11.5 Å². The molecule has 1 aliphatic carbocycles. The molecule has 8 heteroatoms. The van der Waals surface area contributed by atoms with Crippen molar-refractivity contribution >= 4 is 17.7 Å². The molecule has 1 saturated heterocycles. The first kappa shape index (κ1) is 16.2. The molecule has 8 nitrogen and oxygen atoms in total. The summed E-state index contributed by atoms with van der Waals surface area (Å²) in [6, 6.07) is 3.71. The van der Waals surface area contributed by atoms with E-state index in [0.29, 0.717) is 36.3 Å². The highest BCUT2D eigenvalue weighted by Crippen LogP contribution is 2.53. The topological polar surface area (TPSA) is 97.3 Å². The summed E-state index contributed by atoms with van der Waals surface area (Å²) in [5.41, 5.74) is 2.11. The molecule has 1 N–H and O–H groups in total. The van der Waals surface area contributed by atoms with Crippen molar-refractivity contribution < 1.29 is 14.3 Å². The fourth-order valence-electron chi connectivity index (χ4n) is 4.35. The van der Waals surface area contributed by atoms with Crippen molar-refractivity contribution in [3.05, 3.63) is 35.8 Å². The number of methoxy groups -OCH3 is 1. The quantitative estimate of drug-likeness (QED) is 0.799. The van der Waals surface area contributed by atoms with Gasteiger partial charge in [0.15, 0.2) is 5.82 Å². The number of carbonyl (C=O) groups excluding carboxylic acids is 2. The van der Waals surface area contributed by atoms with Gasteiger partial charge in [0.2, 0.25) is 0 Å². The summed E-state index contributed by atoms with van der Waals surface area (Å²) in [6.45, 7) is 2.09. The predicted molar refractivity (Wildman–Crippen MR) is 96.0 cm³/mol. The van der Waals surface area contributed by atoms with Crippen LogP contribution in [0.15, 0.2) is 24.5 Å². The molecule has 1 amide bonds. The number of amides is 1. The molecule has 2 aliphatic heterocycles. The minimum absolute atomic E-state index is 0.00464. The Bertz CT molecular complexity index is 920. The second-order valence-corrected chi connectivity index (χ2v) is 7.23. The number of fused-ring (bicyclic) bond motifs is 2. The van der Waals surface area contributed by atoms with Crippen LogP contribution >= 0.6 is 0 Å². The largest absolute Gasteiger partial charge is 0.469 e. The second-order valence-electron chi connectivity index (χ2n) is 7.23. The van der Waals surface area contributed by atoms with E-state index in [4.69, 9.17) is 9.72 Å². The summed E-state index contributed by atoms with van der Waals surface area (Å²) >= 11 is 0. The molecule has 4 heterocycles. The molecule has 2 aromatic heterocycles. The van der Waals surface area contributed by atoms with E-state index < -0.39 is 0 Å². The lowest BCUT2D eigenvalue weighted by Crippen LogP contribution is -2.36. The van der Waals surface area contributed by atoms with Gasteiger partial charge in [-0.05, 0) is 30.4 Å². The fraction of sp³-hybridized carbons (Fsp3) is 0.421. The van der Waals surface area contributed by atoms with Crippen LogP contribution in [0, 0.1) is 17.8 Å². The zero-order valence-corrected chi connectivity index (χ0v) is 14.9. The van der Waals surface area contributed by atoms with Gasteiger partial charge in [-0.2, -0.15) is 0 Å². The number of piperidine rings is 1. The zero-order valence-electron chi connectivity index (χ0n) is 14.9. The molecule has 0 aromatic carbocycles. The summed E-state index contributed by atoms with van der Waals surface area (Å²) in [4.78, 5) is 39.8. The molecule has 0 radical (unpaired) electrons. The Morgan fingerprint density at radius 2 is 2.11 bits per heavy atom. The van der Waals surface area contributed by atoms with Gasteiger partial charge in [0.05, 0.1) is 13.0 Å². The molecular formula is C19H19N5O3. The van der Waals surface area contributed by atoms with Crippen LogP contribution in [0.2, 0.25) is 0 Å². The molecule has 2 fully saturated rings. The molecule has 1 unspecified atom stereocenters. The van der Waals surface area contributed by atoms with E-state index in [9.17, 15) is 9.59 Å². The van der Waals surface area contributed by atoms with Crippen LogP contribution < -0.4 is 10.2 Å². The Balaban J connectivity index is 1.52. The first-order chi connectivity index (χ1) is 13.2. The number of nitrogens with one attached hydrogen (secondary N) is 1. The van der Waals surface area contributed by atoms with Crippen molar-refractivity contribution in [1.82, 2.24) is 20.3 Å². The second kappa shape index (κ2) is 6.00. The normalized spacial score (nSPS) is 25.4. The molecule has 27 heavy (non-hydrogen) atoms. The van der Waals surface area contributed by atoms with Crippen molar-refractivity contribution in [2.45, 2.75) is 6.42 Å². The Morgan fingerprint density at radius 1 is 1.30 bits per heavy atom. The smallest absolute Gasteiger partial charge is 0.309 e. The maximum atomic E-state index is 12.4. The van der Waals surface area contributed by atoms with Crippen LogP contribution in [0.1, 0.15) is 16.1 Å². The standard InChI is InChI=1S/C19H19N5O3/c1-27-19(26)14-12-8-24(9-13(12)14)17-11-4-6-21-18(25)15(11)22-16(23-17)10-3-2-5-20-7-10/h2-3,5,7,12-14H,4,6,8-9H2,1H3,(H,21,25)/t12-,13+,14?. The van der Waals surface area contributed by atoms with Crippen LogP contribution in [-0.2, 0) is 16.0 Å². The Morgan fingerprint density at radius 3 is 2.81 bits per heavy atom. The van der Waals surface area contributed by atoms with Gasteiger partial charge >= 0.3 is 5.97 Å². The lowest BCUT2D eigenvalue weighted by atomic mass is 10.0.